The van der Waals surface area contributed by atoms with Crippen LogP contribution in [0.15, 0.2) is 24.4 Å². The first-order valence-corrected chi connectivity index (χ1v) is 7.15. The molecule has 5 nitrogen and oxygen atoms in total. The summed E-state index contributed by atoms with van der Waals surface area (Å²) in [6, 6.07) is 5.59. The van der Waals surface area contributed by atoms with Crippen molar-refractivity contribution in [1.82, 2.24) is 19.6 Å². The van der Waals surface area contributed by atoms with E-state index < -0.39 is 0 Å². The van der Waals surface area contributed by atoms with E-state index in [4.69, 9.17) is 11.6 Å². The van der Waals surface area contributed by atoms with Gasteiger partial charge in [-0.1, -0.05) is 17.7 Å². The molecule has 1 unspecified atom stereocenters. The van der Waals surface area contributed by atoms with E-state index in [0.717, 1.165) is 26.1 Å². The molecule has 1 fully saturated rings. The fraction of sp³-hybridized carbons (Fsp3) is 0.429. The lowest BCUT2D eigenvalue weighted by Gasteiger charge is -2.16. The molecule has 1 N–H and O–H groups in total. The van der Waals surface area contributed by atoms with Crippen LogP contribution in [0.5, 0.6) is 0 Å². The summed E-state index contributed by atoms with van der Waals surface area (Å²) in [6.07, 6.45) is 2.85. The Morgan fingerprint density at radius 1 is 1.55 bits per heavy atom. The van der Waals surface area contributed by atoms with Crippen molar-refractivity contribution < 1.29 is 4.79 Å². The maximum absolute atomic E-state index is 12.7. The predicted molar refractivity (Wildman–Crippen MR) is 78.1 cm³/mol. The van der Waals surface area contributed by atoms with Crippen molar-refractivity contribution in [3.05, 3.63) is 35.2 Å². The molecule has 20 heavy (non-hydrogen) atoms. The fourth-order valence-corrected chi connectivity index (χ4v) is 3.04. The van der Waals surface area contributed by atoms with E-state index in [1.165, 1.54) is 0 Å². The van der Waals surface area contributed by atoms with Gasteiger partial charge in [-0.2, -0.15) is 0 Å². The van der Waals surface area contributed by atoms with Crippen LogP contribution in [0.25, 0.3) is 5.65 Å². The molecule has 0 spiro atoms. The van der Waals surface area contributed by atoms with Crippen LogP contribution in [-0.4, -0.2) is 46.9 Å². The zero-order valence-electron chi connectivity index (χ0n) is 11.3. The molecule has 0 saturated carbocycles. The summed E-state index contributed by atoms with van der Waals surface area (Å²) >= 11 is 6.15. The van der Waals surface area contributed by atoms with E-state index in [1.54, 1.807) is 4.40 Å². The molecule has 0 aliphatic carbocycles. The number of imidazole rings is 1. The van der Waals surface area contributed by atoms with E-state index in [0.29, 0.717) is 17.3 Å². The third-order valence-electron chi connectivity index (χ3n) is 3.76. The zero-order chi connectivity index (χ0) is 14.1. The number of aromatic nitrogens is 2. The van der Waals surface area contributed by atoms with Crippen LogP contribution in [-0.2, 0) is 0 Å². The van der Waals surface area contributed by atoms with Gasteiger partial charge in [0.25, 0.3) is 5.91 Å². The highest BCUT2D eigenvalue weighted by Gasteiger charge is 2.29. The van der Waals surface area contributed by atoms with Crippen molar-refractivity contribution in [1.29, 1.82) is 0 Å². The van der Waals surface area contributed by atoms with Crippen LogP contribution in [0.4, 0.5) is 0 Å². The number of fused-ring (bicyclic) bond motifs is 1. The molecule has 1 aliphatic rings. The molecule has 3 heterocycles. The van der Waals surface area contributed by atoms with Crippen molar-refractivity contribution in [3.8, 4) is 0 Å². The monoisotopic (exact) mass is 292 g/mol. The summed E-state index contributed by atoms with van der Waals surface area (Å²) in [5.41, 5.74) is 1.17. The van der Waals surface area contributed by atoms with Crippen LogP contribution < -0.4 is 5.32 Å². The molecule has 2 aromatic heterocycles. The van der Waals surface area contributed by atoms with E-state index in [9.17, 15) is 4.79 Å². The highest BCUT2D eigenvalue weighted by Crippen LogP contribution is 2.23. The van der Waals surface area contributed by atoms with Gasteiger partial charge in [-0.15, -0.1) is 0 Å². The summed E-state index contributed by atoms with van der Waals surface area (Å²) < 4.78 is 1.76. The third kappa shape index (κ3) is 2.27. The lowest BCUT2D eigenvalue weighted by Crippen LogP contribution is -2.31. The van der Waals surface area contributed by atoms with E-state index in [2.05, 4.69) is 10.3 Å². The van der Waals surface area contributed by atoms with Crippen molar-refractivity contribution in [2.24, 2.45) is 5.92 Å². The molecule has 1 aliphatic heterocycles. The Hall–Kier alpha value is -1.59. The molecular weight excluding hydrogens is 276 g/mol. The number of amides is 1. The molecular formula is C14H17ClN4O. The third-order valence-corrected chi connectivity index (χ3v) is 4.02. The molecule has 6 heteroatoms. The molecule has 1 atom stereocenters. The minimum absolute atomic E-state index is 0.0349. The van der Waals surface area contributed by atoms with Crippen LogP contribution in [0.1, 0.15) is 16.9 Å². The summed E-state index contributed by atoms with van der Waals surface area (Å²) in [6.45, 7) is 2.49. The van der Waals surface area contributed by atoms with Crippen molar-refractivity contribution in [2.45, 2.75) is 6.42 Å². The number of likely N-dealkylation sites (tertiary alicyclic amines) is 1. The molecule has 3 rings (SSSR count). The maximum atomic E-state index is 12.7. The van der Waals surface area contributed by atoms with E-state index >= 15 is 0 Å². The lowest BCUT2D eigenvalue weighted by molar-refractivity contribution is 0.0780. The number of hydrogen-bond acceptors (Lipinski definition) is 3. The zero-order valence-corrected chi connectivity index (χ0v) is 12.1. The first kappa shape index (κ1) is 13.4. The van der Waals surface area contributed by atoms with Crippen LogP contribution >= 0.6 is 11.6 Å². The first-order chi connectivity index (χ1) is 9.70. The van der Waals surface area contributed by atoms with Gasteiger partial charge in [-0.25, -0.2) is 4.98 Å². The normalized spacial score (nSPS) is 18.9. The highest BCUT2D eigenvalue weighted by molar-refractivity contribution is 6.32. The van der Waals surface area contributed by atoms with Crippen LogP contribution in [0.2, 0.25) is 5.15 Å². The number of nitrogens with zero attached hydrogens (tertiary/aromatic N) is 3. The predicted octanol–water partition coefficient (Wildman–Crippen LogP) is 1.67. The maximum Gasteiger partial charge on any atom is 0.274 e. The Balaban J connectivity index is 1.88. The SMILES string of the molecule is CNCC1CCN(C(=O)c2c(Cl)nc3ccccn23)C1. The van der Waals surface area contributed by atoms with Crippen molar-refractivity contribution in [3.63, 3.8) is 0 Å². The van der Waals surface area contributed by atoms with Gasteiger partial charge in [0.05, 0.1) is 0 Å². The van der Waals surface area contributed by atoms with Gasteiger partial charge >= 0.3 is 0 Å². The summed E-state index contributed by atoms with van der Waals surface area (Å²) in [5.74, 6) is 0.481. The summed E-state index contributed by atoms with van der Waals surface area (Å²) in [5, 5.41) is 3.44. The number of carbonyl (C=O) groups excluding carboxylic acids is 1. The first-order valence-electron chi connectivity index (χ1n) is 6.77. The average molecular weight is 293 g/mol. The molecule has 1 saturated heterocycles. The Kier molecular flexibility index (Phi) is 3.63. The number of hydrogen-bond donors (Lipinski definition) is 1. The van der Waals surface area contributed by atoms with Gasteiger partial charge in [0.15, 0.2) is 10.8 Å². The summed E-state index contributed by atoms with van der Waals surface area (Å²) in [7, 11) is 1.94. The minimum Gasteiger partial charge on any atom is -0.337 e. The largest absolute Gasteiger partial charge is 0.337 e. The van der Waals surface area contributed by atoms with Gasteiger partial charge in [0.2, 0.25) is 0 Å². The second kappa shape index (κ2) is 5.42. The molecule has 0 bridgehead atoms. The van der Waals surface area contributed by atoms with Gasteiger partial charge in [-0.3, -0.25) is 9.20 Å². The van der Waals surface area contributed by atoms with Crippen molar-refractivity contribution in [2.75, 3.05) is 26.7 Å². The van der Waals surface area contributed by atoms with Crippen LogP contribution in [0.3, 0.4) is 0 Å². The fourth-order valence-electron chi connectivity index (χ4n) is 2.78. The van der Waals surface area contributed by atoms with E-state index in [1.807, 2.05) is 36.3 Å². The van der Waals surface area contributed by atoms with Gasteiger partial charge < -0.3 is 10.2 Å². The van der Waals surface area contributed by atoms with Gasteiger partial charge in [0, 0.05) is 19.3 Å². The standard InChI is InChI=1S/C14H17ClN4O/c1-16-8-10-5-7-18(9-10)14(20)12-13(15)17-11-4-2-3-6-19(11)12/h2-4,6,10,16H,5,7-9H2,1H3. The minimum atomic E-state index is -0.0349. The second-order valence-corrected chi connectivity index (χ2v) is 5.50. The summed E-state index contributed by atoms with van der Waals surface area (Å²) in [4.78, 5) is 18.7. The van der Waals surface area contributed by atoms with Crippen molar-refractivity contribution >= 4 is 23.2 Å². The number of carbonyl (C=O) groups is 1. The highest BCUT2D eigenvalue weighted by atomic mass is 35.5. The quantitative estimate of drug-likeness (QED) is 0.936. The molecule has 0 radical (unpaired) electrons. The lowest BCUT2D eigenvalue weighted by atomic mass is 10.1. The Morgan fingerprint density at radius 3 is 3.20 bits per heavy atom. The van der Waals surface area contributed by atoms with Gasteiger partial charge in [-0.05, 0) is 38.1 Å². The molecule has 2 aromatic rings. The molecule has 1 amide bonds. The molecule has 0 aromatic carbocycles. The topological polar surface area (TPSA) is 49.6 Å². The van der Waals surface area contributed by atoms with Crippen LogP contribution in [0, 0.1) is 5.92 Å². The second-order valence-electron chi connectivity index (χ2n) is 5.14. The van der Waals surface area contributed by atoms with E-state index in [-0.39, 0.29) is 11.1 Å². The molecule has 106 valence electrons. The Morgan fingerprint density at radius 2 is 2.40 bits per heavy atom. The Bertz CT molecular complexity index is 639. The number of nitrogens with one attached hydrogen (secondary N) is 1. The Labute approximate surface area is 122 Å². The van der Waals surface area contributed by atoms with Gasteiger partial charge in [0.1, 0.15) is 5.65 Å². The smallest absolute Gasteiger partial charge is 0.274 e. The number of halogens is 1. The number of pyridine rings is 1. The average Bonchev–Trinajstić information content (AvgIpc) is 3.02. The number of rotatable bonds is 3.